The Morgan fingerprint density at radius 3 is 2.55 bits per heavy atom. The summed E-state index contributed by atoms with van der Waals surface area (Å²) in [4.78, 5) is 17.7. The molecule has 0 saturated heterocycles. The first-order valence-electron chi connectivity index (χ1n) is 6.30. The van der Waals surface area contributed by atoms with Gasteiger partial charge in [0, 0.05) is 32.6 Å². The highest BCUT2D eigenvalue weighted by Crippen LogP contribution is 2.30. The van der Waals surface area contributed by atoms with E-state index in [1.807, 2.05) is 17.5 Å². The van der Waals surface area contributed by atoms with E-state index in [1.54, 1.807) is 59.6 Å². The van der Waals surface area contributed by atoms with Gasteiger partial charge in [0.2, 0.25) is 0 Å². The number of hydrogen-bond acceptors (Lipinski definition) is 4. The lowest BCUT2D eigenvalue weighted by Crippen LogP contribution is -2.02. The quantitative estimate of drug-likeness (QED) is 0.544. The summed E-state index contributed by atoms with van der Waals surface area (Å²) >= 11 is 15.2. The minimum atomic E-state index is -0.140. The largest absolute Gasteiger partial charge is 0.289 e. The van der Waals surface area contributed by atoms with Crippen molar-refractivity contribution < 1.29 is 4.79 Å². The molecule has 1 aromatic heterocycles. The number of aromatic nitrogens is 1. The second-order valence-corrected chi connectivity index (χ2v) is 7.44. The Morgan fingerprint density at radius 1 is 1.09 bits per heavy atom. The van der Waals surface area contributed by atoms with E-state index >= 15 is 0 Å². The molecule has 0 bridgehead atoms. The molecule has 0 aliphatic rings. The monoisotopic (exact) mass is 365 g/mol. The van der Waals surface area contributed by atoms with Crippen LogP contribution in [0.5, 0.6) is 0 Å². The maximum absolute atomic E-state index is 12.5. The third-order valence-corrected chi connectivity index (χ3v) is 5.36. The first kappa shape index (κ1) is 15.6. The molecule has 0 aliphatic carbocycles. The van der Waals surface area contributed by atoms with Crippen LogP contribution in [0.15, 0.2) is 63.3 Å². The summed E-state index contributed by atoms with van der Waals surface area (Å²) in [5.41, 5.74) is 0.988. The molecule has 0 amide bonds. The van der Waals surface area contributed by atoms with Gasteiger partial charge in [0.1, 0.15) is 0 Å². The Bertz CT molecular complexity index is 802. The first-order valence-corrected chi connectivity index (χ1v) is 8.76. The van der Waals surface area contributed by atoms with Crippen molar-refractivity contribution in [2.45, 2.75) is 9.24 Å². The lowest BCUT2D eigenvalue weighted by Gasteiger charge is -2.05. The molecule has 0 fully saturated rings. The van der Waals surface area contributed by atoms with Crippen molar-refractivity contribution in [2.75, 3.05) is 0 Å². The molecule has 1 heterocycles. The average molecular weight is 366 g/mol. The lowest BCUT2D eigenvalue weighted by molar-refractivity contribution is 0.103. The van der Waals surface area contributed by atoms with E-state index in [4.69, 9.17) is 23.2 Å². The van der Waals surface area contributed by atoms with E-state index in [1.165, 1.54) is 0 Å². The van der Waals surface area contributed by atoms with E-state index in [9.17, 15) is 4.79 Å². The van der Waals surface area contributed by atoms with Crippen LogP contribution in [0.2, 0.25) is 10.0 Å². The summed E-state index contributed by atoms with van der Waals surface area (Å²) in [5.74, 6) is -0.140. The number of hydrogen-bond donors (Lipinski definition) is 0. The molecular formula is C16H9Cl2NOS2. The van der Waals surface area contributed by atoms with Crippen LogP contribution >= 0.6 is 46.3 Å². The molecule has 2 nitrogen and oxygen atoms in total. The molecule has 22 heavy (non-hydrogen) atoms. The zero-order valence-corrected chi connectivity index (χ0v) is 14.3. The van der Waals surface area contributed by atoms with Crippen molar-refractivity contribution in [3.8, 4) is 0 Å². The van der Waals surface area contributed by atoms with Crippen molar-refractivity contribution in [3.63, 3.8) is 0 Å². The molecule has 0 spiro atoms. The molecule has 0 atom stereocenters. The van der Waals surface area contributed by atoms with E-state index in [0.717, 1.165) is 9.24 Å². The van der Waals surface area contributed by atoms with Crippen molar-refractivity contribution >= 4 is 52.1 Å². The standard InChI is InChI=1S/C16H9Cl2NOS2/c17-11-3-6-14(18)13(9-11)15(20)10-1-4-12(5-2-10)22-16-19-7-8-21-16/h1-9H. The first-order chi connectivity index (χ1) is 10.6. The summed E-state index contributed by atoms with van der Waals surface area (Å²) < 4.78 is 0.969. The van der Waals surface area contributed by atoms with Gasteiger partial charge in [-0.15, -0.1) is 11.3 Å². The van der Waals surface area contributed by atoms with Gasteiger partial charge in [-0.05, 0) is 42.5 Å². The predicted octanol–water partition coefficient (Wildman–Crippen LogP) is 5.83. The number of rotatable bonds is 4. The van der Waals surface area contributed by atoms with Gasteiger partial charge in [0.05, 0.1) is 5.02 Å². The van der Waals surface area contributed by atoms with Crippen LogP contribution in [0.3, 0.4) is 0 Å². The molecule has 110 valence electrons. The van der Waals surface area contributed by atoms with E-state index < -0.39 is 0 Å². The summed E-state index contributed by atoms with van der Waals surface area (Å²) in [5, 5.41) is 2.82. The highest BCUT2D eigenvalue weighted by Gasteiger charge is 2.13. The van der Waals surface area contributed by atoms with Gasteiger partial charge in [0.15, 0.2) is 10.1 Å². The highest BCUT2D eigenvalue weighted by molar-refractivity contribution is 8.01. The van der Waals surface area contributed by atoms with Gasteiger partial charge in [-0.3, -0.25) is 4.79 Å². The van der Waals surface area contributed by atoms with Gasteiger partial charge in [-0.25, -0.2) is 4.98 Å². The third kappa shape index (κ3) is 3.52. The van der Waals surface area contributed by atoms with Crippen molar-refractivity contribution in [1.29, 1.82) is 0 Å². The predicted molar refractivity (Wildman–Crippen MR) is 92.6 cm³/mol. The number of carbonyl (C=O) groups excluding carboxylic acids is 1. The topological polar surface area (TPSA) is 30.0 Å². The normalized spacial score (nSPS) is 10.6. The number of benzene rings is 2. The molecule has 2 aromatic carbocycles. The van der Waals surface area contributed by atoms with Crippen molar-refractivity contribution in [2.24, 2.45) is 0 Å². The molecule has 0 radical (unpaired) electrons. The minimum Gasteiger partial charge on any atom is -0.289 e. The minimum absolute atomic E-state index is 0.140. The Kier molecular flexibility index (Phi) is 4.84. The molecule has 6 heteroatoms. The molecule has 0 unspecified atom stereocenters. The zero-order chi connectivity index (χ0) is 15.5. The van der Waals surface area contributed by atoms with Gasteiger partial charge < -0.3 is 0 Å². The van der Waals surface area contributed by atoms with Gasteiger partial charge in [0.25, 0.3) is 0 Å². The fourth-order valence-electron chi connectivity index (χ4n) is 1.86. The van der Waals surface area contributed by atoms with Gasteiger partial charge in [-0.2, -0.15) is 0 Å². The molecule has 0 saturated carbocycles. The van der Waals surface area contributed by atoms with Gasteiger partial charge >= 0.3 is 0 Å². The van der Waals surface area contributed by atoms with Crippen LogP contribution in [0, 0.1) is 0 Å². The second kappa shape index (κ2) is 6.84. The maximum atomic E-state index is 12.5. The van der Waals surface area contributed by atoms with E-state index in [2.05, 4.69) is 4.98 Å². The summed E-state index contributed by atoms with van der Waals surface area (Å²) in [6.45, 7) is 0. The Morgan fingerprint density at radius 2 is 1.86 bits per heavy atom. The number of thiazole rings is 1. The molecule has 0 N–H and O–H groups in total. The Hall–Kier alpha value is -1.33. The fourth-order valence-corrected chi connectivity index (χ4v) is 3.83. The fraction of sp³-hybridized carbons (Fsp3) is 0. The Labute approximate surface area is 146 Å². The average Bonchev–Trinajstić information content (AvgIpc) is 3.03. The van der Waals surface area contributed by atoms with Crippen LogP contribution < -0.4 is 0 Å². The SMILES string of the molecule is O=C(c1ccc(Sc2nccs2)cc1)c1cc(Cl)ccc1Cl. The highest BCUT2D eigenvalue weighted by atomic mass is 35.5. The lowest BCUT2D eigenvalue weighted by atomic mass is 10.0. The number of carbonyl (C=O) groups is 1. The number of halogens is 2. The molecule has 0 aliphatic heterocycles. The van der Waals surface area contributed by atoms with Gasteiger partial charge in [-0.1, -0.05) is 35.0 Å². The Balaban J connectivity index is 1.83. The van der Waals surface area contributed by atoms with Crippen LogP contribution in [0.1, 0.15) is 15.9 Å². The molecular weight excluding hydrogens is 357 g/mol. The molecule has 3 aromatic rings. The van der Waals surface area contributed by atoms with Crippen LogP contribution in [0.4, 0.5) is 0 Å². The van der Waals surface area contributed by atoms with E-state index in [0.29, 0.717) is 21.2 Å². The summed E-state index contributed by atoms with van der Waals surface area (Å²) in [7, 11) is 0. The van der Waals surface area contributed by atoms with Crippen LogP contribution in [-0.4, -0.2) is 10.8 Å². The smallest absolute Gasteiger partial charge is 0.194 e. The van der Waals surface area contributed by atoms with Crippen molar-refractivity contribution in [3.05, 3.63) is 75.2 Å². The maximum Gasteiger partial charge on any atom is 0.194 e. The van der Waals surface area contributed by atoms with Crippen LogP contribution in [0.25, 0.3) is 0 Å². The summed E-state index contributed by atoms with van der Waals surface area (Å²) in [6.07, 6.45) is 1.77. The third-order valence-electron chi connectivity index (χ3n) is 2.90. The van der Waals surface area contributed by atoms with Crippen molar-refractivity contribution in [1.82, 2.24) is 4.98 Å². The summed E-state index contributed by atoms with van der Waals surface area (Å²) in [6, 6.07) is 12.3. The van der Waals surface area contributed by atoms with E-state index in [-0.39, 0.29) is 5.78 Å². The number of nitrogens with zero attached hydrogens (tertiary/aromatic N) is 1. The number of ketones is 1. The zero-order valence-electron chi connectivity index (χ0n) is 11.1. The molecule has 3 rings (SSSR count). The van der Waals surface area contributed by atoms with Crippen LogP contribution in [-0.2, 0) is 0 Å². The second-order valence-electron chi connectivity index (χ2n) is 4.38.